The molecule has 2 nitrogen and oxygen atoms in total. The predicted octanol–water partition coefficient (Wildman–Crippen LogP) is 4.83. The Morgan fingerprint density at radius 3 is 2.43 bits per heavy atom. The van der Waals surface area contributed by atoms with Gasteiger partial charge < -0.3 is 9.59 Å². The first kappa shape index (κ1) is 16.9. The fraction of sp³-hybridized carbons (Fsp3) is 0.810. The minimum atomic E-state index is 0.00505. The van der Waals surface area contributed by atoms with Crippen molar-refractivity contribution >= 4 is 12.6 Å². The summed E-state index contributed by atoms with van der Waals surface area (Å²) in [5, 5.41) is 0. The third-order valence-electron chi connectivity index (χ3n) is 8.13. The molecule has 3 saturated carbocycles. The van der Waals surface area contributed by atoms with Gasteiger partial charge in [0.1, 0.15) is 12.6 Å². The number of rotatable bonds is 3. The summed E-state index contributed by atoms with van der Waals surface area (Å²) in [6.45, 7) is 11.2. The first-order valence-corrected chi connectivity index (χ1v) is 9.45. The second kappa shape index (κ2) is 5.86. The number of carbonyl (C=O) groups is 2. The Hall–Kier alpha value is -0.920. The minimum Gasteiger partial charge on any atom is -0.303 e. The van der Waals surface area contributed by atoms with Crippen LogP contribution in [0.2, 0.25) is 0 Å². The molecule has 0 amide bonds. The van der Waals surface area contributed by atoms with E-state index in [1.807, 2.05) is 0 Å². The second-order valence-corrected chi connectivity index (χ2v) is 9.15. The standard InChI is InChI=1S/C21H32O2/c1-14-7-9-21(4,16(11-14)12-22)19-8-10-20(3)15(2)5-6-18(20)17(19)13-23/h12-14,16-19H,2,5-11H2,1,3-4H3/t14-,16+,17-,18?,19?,20+,21-/m0/s1. The SMILES string of the molecule is C=C1CCC2[C@H](C=O)C([C@@]3(C)CC[C@H](C)C[C@@H]3C=O)CC[C@]12C. The molecule has 0 saturated heterocycles. The van der Waals surface area contributed by atoms with Crippen LogP contribution in [0.4, 0.5) is 0 Å². The first-order valence-electron chi connectivity index (χ1n) is 9.45. The molecule has 2 heteroatoms. The van der Waals surface area contributed by atoms with Crippen LogP contribution in [0.15, 0.2) is 12.2 Å². The van der Waals surface area contributed by atoms with E-state index in [1.54, 1.807) is 0 Å². The summed E-state index contributed by atoms with van der Waals surface area (Å²) in [6.07, 6.45) is 10.1. The van der Waals surface area contributed by atoms with Crippen molar-refractivity contribution in [3.8, 4) is 0 Å². The minimum absolute atomic E-state index is 0.00505. The highest BCUT2D eigenvalue weighted by molar-refractivity contribution is 5.59. The van der Waals surface area contributed by atoms with Gasteiger partial charge in [0.15, 0.2) is 0 Å². The van der Waals surface area contributed by atoms with E-state index in [1.165, 1.54) is 24.6 Å². The van der Waals surface area contributed by atoms with E-state index < -0.39 is 0 Å². The van der Waals surface area contributed by atoms with Crippen LogP contribution in [-0.4, -0.2) is 12.6 Å². The van der Waals surface area contributed by atoms with Gasteiger partial charge in [-0.1, -0.05) is 39.3 Å². The van der Waals surface area contributed by atoms with Gasteiger partial charge in [0.2, 0.25) is 0 Å². The monoisotopic (exact) mass is 316 g/mol. The maximum Gasteiger partial charge on any atom is 0.123 e. The van der Waals surface area contributed by atoms with Crippen LogP contribution in [0.25, 0.3) is 0 Å². The lowest BCUT2D eigenvalue weighted by Crippen LogP contribution is -2.50. The van der Waals surface area contributed by atoms with Crippen molar-refractivity contribution in [2.75, 3.05) is 0 Å². The van der Waals surface area contributed by atoms with E-state index in [2.05, 4.69) is 27.4 Å². The molecule has 3 aliphatic rings. The highest BCUT2D eigenvalue weighted by Gasteiger charge is 2.56. The van der Waals surface area contributed by atoms with Crippen molar-refractivity contribution in [1.29, 1.82) is 0 Å². The molecule has 0 aromatic rings. The van der Waals surface area contributed by atoms with Gasteiger partial charge >= 0.3 is 0 Å². The molecule has 3 rings (SSSR count). The molecule has 7 atom stereocenters. The molecule has 3 fully saturated rings. The fourth-order valence-corrected chi connectivity index (χ4v) is 6.30. The number of fused-ring (bicyclic) bond motifs is 1. The average molecular weight is 316 g/mol. The molecule has 128 valence electrons. The molecular formula is C21H32O2. The zero-order valence-electron chi connectivity index (χ0n) is 15.0. The third kappa shape index (κ3) is 2.44. The second-order valence-electron chi connectivity index (χ2n) is 9.15. The van der Waals surface area contributed by atoms with Crippen molar-refractivity contribution in [3.63, 3.8) is 0 Å². The van der Waals surface area contributed by atoms with Gasteiger partial charge in [0.05, 0.1) is 0 Å². The maximum atomic E-state index is 12.1. The van der Waals surface area contributed by atoms with E-state index in [9.17, 15) is 9.59 Å². The van der Waals surface area contributed by atoms with Crippen LogP contribution in [-0.2, 0) is 9.59 Å². The van der Waals surface area contributed by atoms with Gasteiger partial charge in [0.25, 0.3) is 0 Å². The summed E-state index contributed by atoms with van der Waals surface area (Å²) in [6, 6.07) is 0. The lowest BCUT2D eigenvalue weighted by atomic mass is 9.49. The summed E-state index contributed by atoms with van der Waals surface area (Å²) in [7, 11) is 0. The van der Waals surface area contributed by atoms with Gasteiger partial charge in [-0.05, 0) is 67.1 Å². The average Bonchev–Trinajstić information content (AvgIpc) is 2.84. The summed E-state index contributed by atoms with van der Waals surface area (Å²) in [5.74, 6) is 1.66. The van der Waals surface area contributed by atoms with Crippen molar-refractivity contribution in [2.24, 2.45) is 40.4 Å². The highest BCUT2D eigenvalue weighted by Crippen LogP contribution is 2.63. The molecule has 0 aromatic carbocycles. The molecule has 23 heavy (non-hydrogen) atoms. The first-order chi connectivity index (χ1) is 10.9. The predicted molar refractivity (Wildman–Crippen MR) is 92.9 cm³/mol. The summed E-state index contributed by atoms with van der Waals surface area (Å²) < 4.78 is 0. The van der Waals surface area contributed by atoms with E-state index in [0.717, 1.165) is 38.5 Å². The molecule has 2 unspecified atom stereocenters. The number of carbonyl (C=O) groups excluding carboxylic acids is 2. The van der Waals surface area contributed by atoms with Gasteiger partial charge in [-0.15, -0.1) is 0 Å². The largest absolute Gasteiger partial charge is 0.303 e. The van der Waals surface area contributed by atoms with Crippen LogP contribution in [0.5, 0.6) is 0 Å². The Morgan fingerprint density at radius 2 is 1.78 bits per heavy atom. The molecule has 0 N–H and O–H groups in total. The third-order valence-corrected chi connectivity index (χ3v) is 8.13. The van der Waals surface area contributed by atoms with Crippen molar-refractivity contribution in [2.45, 2.75) is 65.7 Å². The molecule has 0 aromatic heterocycles. The molecule has 3 aliphatic carbocycles. The summed E-state index contributed by atoms with van der Waals surface area (Å²) in [4.78, 5) is 23.9. The molecule has 0 heterocycles. The smallest absolute Gasteiger partial charge is 0.123 e. The lowest BCUT2D eigenvalue weighted by Gasteiger charge is -2.54. The zero-order chi connectivity index (χ0) is 16.8. The number of hydrogen-bond acceptors (Lipinski definition) is 2. The van der Waals surface area contributed by atoms with E-state index in [4.69, 9.17) is 0 Å². The van der Waals surface area contributed by atoms with Crippen LogP contribution >= 0.6 is 0 Å². The van der Waals surface area contributed by atoms with Gasteiger partial charge in [-0.25, -0.2) is 0 Å². The van der Waals surface area contributed by atoms with E-state index in [0.29, 0.717) is 17.8 Å². The number of allylic oxidation sites excluding steroid dienone is 1. The number of hydrogen-bond donors (Lipinski definition) is 0. The van der Waals surface area contributed by atoms with E-state index in [-0.39, 0.29) is 22.7 Å². The maximum absolute atomic E-state index is 12.1. The summed E-state index contributed by atoms with van der Waals surface area (Å²) in [5.41, 5.74) is 1.50. The Bertz CT molecular complexity index is 510. The summed E-state index contributed by atoms with van der Waals surface area (Å²) >= 11 is 0. The molecular weight excluding hydrogens is 284 g/mol. The van der Waals surface area contributed by atoms with Gasteiger partial charge in [-0.3, -0.25) is 0 Å². The Balaban J connectivity index is 1.92. The Labute approximate surface area is 141 Å². The van der Waals surface area contributed by atoms with Gasteiger partial charge in [0, 0.05) is 11.8 Å². The Morgan fingerprint density at radius 1 is 1.04 bits per heavy atom. The van der Waals surface area contributed by atoms with Crippen LogP contribution in [0.1, 0.15) is 65.7 Å². The van der Waals surface area contributed by atoms with Crippen molar-refractivity contribution < 1.29 is 9.59 Å². The topological polar surface area (TPSA) is 34.1 Å². The zero-order valence-corrected chi connectivity index (χ0v) is 15.0. The fourth-order valence-electron chi connectivity index (χ4n) is 6.30. The Kier molecular flexibility index (Phi) is 4.31. The quantitative estimate of drug-likeness (QED) is 0.552. The van der Waals surface area contributed by atoms with Gasteiger partial charge in [-0.2, -0.15) is 0 Å². The normalized spacial score (nSPS) is 50.4. The molecule has 0 spiro atoms. The lowest BCUT2D eigenvalue weighted by molar-refractivity contribution is -0.133. The van der Waals surface area contributed by atoms with Crippen molar-refractivity contribution in [3.05, 3.63) is 12.2 Å². The molecule has 0 bridgehead atoms. The van der Waals surface area contributed by atoms with Crippen LogP contribution in [0, 0.1) is 40.4 Å². The van der Waals surface area contributed by atoms with Crippen LogP contribution < -0.4 is 0 Å². The molecule has 0 radical (unpaired) electrons. The van der Waals surface area contributed by atoms with E-state index >= 15 is 0 Å². The number of aldehydes is 2. The molecule has 0 aliphatic heterocycles. The van der Waals surface area contributed by atoms with Crippen LogP contribution in [0.3, 0.4) is 0 Å². The highest BCUT2D eigenvalue weighted by atomic mass is 16.1. The van der Waals surface area contributed by atoms with Crippen molar-refractivity contribution in [1.82, 2.24) is 0 Å².